The Balaban J connectivity index is 1.56. The summed E-state index contributed by atoms with van der Waals surface area (Å²) in [6.45, 7) is 0. The molecule has 130 valence electrons. The highest BCUT2D eigenvalue weighted by molar-refractivity contribution is 6.04. The molecule has 3 amide bonds. The second-order valence-electron chi connectivity index (χ2n) is 6.35. The number of nitrogens with one attached hydrogen (secondary N) is 3. The molecule has 0 heterocycles. The third-order valence-electron chi connectivity index (χ3n) is 3.96. The lowest BCUT2D eigenvalue weighted by atomic mass is 10.2. The van der Waals surface area contributed by atoms with Crippen LogP contribution in [0, 0.1) is 0 Å². The number of carbonyl (C=O) groups excluding carboxylic acids is 2. The van der Waals surface area contributed by atoms with Crippen LogP contribution in [0.2, 0.25) is 0 Å². The highest BCUT2D eigenvalue weighted by Crippen LogP contribution is 2.19. The average molecular weight is 338 g/mol. The maximum Gasteiger partial charge on any atom is 0.319 e. The van der Waals surface area contributed by atoms with Crippen LogP contribution in [-0.2, 0) is 0 Å². The summed E-state index contributed by atoms with van der Waals surface area (Å²) in [4.78, 5) is 26.0. The van der Waals surface area contributed by atoms with Gasteiger partial charge < -0.3 is 20.9 Å². The minimum atomic E-state index is -0.194. The van der Waals surface area contributed by atoms with Crippen LogP contribution in [0.25, 0.3) is 0 Å². The van der Waals surface area contributed by atoms with Gasteiger partial charge in [0.1, 0.15) is 0 Å². The Labute approximate surface area is 147 Å². The molecule has 0 aromatic heterocycles. The molecule has 3 rings (SSSR count). The first-order valence-electron chi connectivity index (χ1n) is 8.27. The number of benzene rings is 2. The molecule has 6 nitrogen and oxygen atoms in total. The summed E-state index contributed by atoms with van der Waals surface area (Å²) in [6, 6.07) is 14.6. The lowest BCUT2D eigenvalue weighted by Gasteiger charge is -2.13. The van der Waals surface area contributed by atoms with E-state index in [2.05, 4.69) is 16.0 Å². The van der Waals surface area contributed by atoms with Crippen LogP contribution in [0.1, 0.15) is 23.2 Å². The van der Waals surface area contributed by atoms with Crippen molar-refractivity contribution in [3.63, 3.8) is 0 Å². The minimum Gasteiger partial charge on any atom is -0.378 e. The van der Waals surface area contributed by atoms with E-state index >= 15 is 0 Å². The lowest BCUT2D eigenvalue weighted by molar-refractivity contribution is 0.102. The normalized spacial score (nSPS) is 13.0. The molecule has 2 aromatic carbocycles. The molecule has 1 aliphatic rings. The number of urea groups is 1. The number of hydrogen-bond acceptors (Lipinski definition) is 3. The van der Waals surface area contributed by atoms with E-state index in [4.69, 9.17) is 0 Å². The first kappa shape index (κ1) is 16.8. The molecule has 6 heteroatoms. The molecular weight excluding hydrogens is 316 g/mol. The predicted molar refractivity (Wildman–Crippen MR) is 100 cm³/mol. The average Bonchev–Trinajstić information content (AvgIpc) is 3.40. The molecule has 25 heavy (non-hydrogen) atoms. The Kier molecular flexibility index (Phi) is 4.88. The van der Waals surface area contributed by atoms with Gasteiger partial charge in [0.15, 0.2) is 0 Å². The Morgan fingerprint density at radius 3 is 1.96 bits per heavy atom. The molecule has 0 spiro atoms. The van der Waals surface area contributed by atoms with Crippen molar-refractivity contribution in [2.75, 3.05) is 29.6 Å². The van der Waals surface area contributed by atoms with Gasteiger partial charge in [0.2, 0.25) is 0 Å². The van der Waals surface area contributed by atoms with E-state index in [1.54, 1.807) is 36.4 Å². The predicted octanol–water partition coefficient (Wildman–Crippen LogP) is 3.29. The summed E-state index contributed by atoms with van der Waals surface area (Å²) in [5.74, 6) is -0.169. The molecule has 3 N–H and O–H groups in total. The molecule has 1 fully saturated rings. The number of rotatable bonds is 5. The fourth-order valence-electron chi connectivity index (χ4n) is 2.33. The molecule has 1 saturated carbocycles. The van der Waals surface area contributed by atoms with Gasteiger partial charge in [-0.05, 0) is 61.4 Å². The summed E-state index contributed by atoms with van der Waals surface area (Å²) in [5, 5.41) is 8.48. The van der Waals surface area contributed by atoms with Gasteiger partial charge in [-0.15, -0.1) is 0 Å². The number of hydrogen-bond donors (Lipinski definition) is 3. The summed E-state index contributed by atoms with van der Waals surface area (Å²) in [5.41, 5.74) is 2.99. The van der Waals surface area contributed by atoms with Crippen LogP contribution in [0.4, 0.5) is 21.9 Å². The third-order valence-corrected chi connectivity index (χ3v) is 3.96. The Hall–Kier alpha value is -3.02. The number of amides is 3. The number of carbonyl (C=O) groups is 2. The molecule has 0 unspecified atom stereocenters. The van der Waals surface area contributed by atoms with Crippen LogP contribution in [0.15, 0.2) is 48.5 Å². The zero-order valence-corrected chi connectivity index (χ0v) is 14.4. The quantitative estimate of drug-likeness (QED) is 0.783. The monoisotopic (exact) mass is 338 g/mol. The largest absolute Gasteiger partial charge is 0.378 e. The molecule has 0 atom stereocenters. The van der Waals surface area contributed by atoms with Crippen molar-refractivity contribution in [3.8, 4) is 0 Å². The van der Waals surface area contributed by atoms with Crippen molar-refractivity contribution >= 4 is 29.0 Å². The molecule has 0 radical (unpaired) electrons. The Morgan fingerprint density at radius 1 is 0.880 bits per heavy atom. The van der Waals surface area contributed by atoms with E-state index in [-0.39, 0.29) is 11.9 Å². The topological polar surface area (TPSA) is 73.5 Å². The zero-order chi connectivity index (χ0) is 17.8. The van der Waals surface area contributed by atoms with Gasteiger partial charge in [-0.25, -0.2) is 4.79 Å². The van der Waals surface area contributed by atoms with Crippen LogP contribution in [0.5, 0.6) is 0 Å². The molecule has 2 aromatic rings. The zero-order valence-electron chi connectivity index (χ0n) is 14.4. The van der Waals surface area contributed by atoms with Crippen molar-refractivity contribution in [2.24, 2.45) is 0 Å². The number of anilines is 3. The smallest absolute Gasteiger partial charge is 0.319 e. The van der Waals surface area contributed by atoms with Gasteiger partial charge >= 0.3 is 6.03 Å². The van der Waals surface area contributed by atoms with Crippen molar-refractivity contribution in [3.05, 3.63) is 54.1 Å². The molecule has 0 bridgehead atoms. The standard InChI is InChI=1S/C19H22N4O2/c1-23(2)17-11-3-13(4-12-17)18(24)20-14-5-7-15(8-6-14)21-19(25)22-16-9-10-16/h3-8,11-12,16H,9-10H2,1-2H3,(H,20,24)(H2,21,22,25). The Bertz CT molecular complexity index is 750. The van der Waals surface area contributed by atoms with Crippen LogP contribution >= 0.6 is 0 Å². The van der Waals surface area contributed by atoms with Crippen molar-refractivity contribution in [2.45, 2.75) is 18.9 Å². The lowest BCUT2D eigenvalue weighted by Crippen LogP contribution is -2.30. The van der Waals surface area contributed by atoms with E-state index < -0.39 is 0 Å². The fourth-order valence-corrected chi connectivity index (χ4v) is 2.33. The van der Waals surface area contributed by atoms with Crippen LogP contribution in [0.3, 0.4) is 0 Å². The maximum absolute atomic E-state index is 12.3. The second kappa shape index (κ2) is 7.25. The van der Waals surface area contributed by atoms with E-state index in [0.29, 0.717) is 23.0 Å². The van der Waals surface area contributed by atoms with Crippen molar-refractivity contribution < 1.29 is 9.59 Å². The molecule has 0 aliphatic heterocycles. The van der Waals surface area contributed by atoms with E-state index in [1.807, 2.05) is 31.1 Å². The highest BCUT2D eigenvalue weighted by Gasteiger charge is 2.23. The number of nitrogens with zero attached hydrogens (tertiary/aromatic N) is 1. The van der Waals surface area contributed by atoms with Gasteiger partial charge in [-0.2, -0.15) is 0 Å². The minimum absolute atomic E-state index is 0.169. The van der Waals surface area contributed by atoms with Gasteiger partial charge in [0.05, 0.1) is 0 Å². The maximum atomic E-state index is 12.3. The first-order valence-corrected chi connectivity index (χ1v) is 8.27. The van der Waals surface area contributed by atoms with Gasteiger partial charge in [0.25, 0.3) is 5.91 Å². The molecule has 1 aliphatic carbocycles. The summed E-state index contributed by atoms with van der Waals surface area (Å²) in [7, 11) is 3.91. The SMILES string of the molecule is CN(C)c1ccc(C(=O)Nc2ccc(NC(=O)NC3CC3)cc2)cc1. The third kappa shape index (κ3) is 4.73. The van der Waals surface area contributed by atoms with Crippen LogP contribution in [-0.4, -0.2) is 32.1 Å². The summed E-state index contributed by atoms with van der Waals surface area (Å²) >= 11 is 0. The first-order chi connectivity index (χ1) is 12.0. The Morgan fingerprint density at radius 2 is 1.44 bits per heavy atom. The van der Waals surface area contributed by atoms with Crippen LogP contribution < -0.4 is 20.9 Å². The van der Waals surface area contributed by atoms with E-state index in [1.165, 1.54) is 0 Å². The van der Waals surface area contributed by atoms with Crippen molar-refractivity contribution in [1.82, 2.24) is 5.32 Å². The fraction of sp³-hybridized carbons (Fsp3) is 0.263. The second-order valence-corrected chi connectivity index (χ2v) is 6.35. The van der Waals surface area contributed by atoms with Crippen molar-refractivity contribution in [1.29, 1.82) is 0 Å². The summed E-state index contributed by atoms with van der Waals surface area (Å²) in [6.07, 6.45) is 2.10. The van der Waals surface area contributed by atoms with Gasteiger partial charge in [-0.3, -0.25) is 4.79 Å². The molecular formula is C19H22N4O2. The van der Waals surface area contributed by atoms with E-state index in [9.17, 15) is 9.59 Å². The summed E-state index contributed by atoms with van der Waals surface area (Å²) < 4.78 is 0. The highest BCUT2D eigenvalue weighted by atomic mass is 16.2. The van der Waals surface area contributed by atoms with Gasteiger partial charge in [-0.1, -0.05) is 0 Å². The van der Waals surface area contributed by atoms with Gasteiger partial charge in [0, 0.05) is 42.8 Å². The van der Waals surface area contributed by atoms with E-state index in [0.717, 1.165) is 18.5 Å². The molecule has 0 saturated heterocycles.